The first-order valence-corrected chi connectivity index (χ1v) is 5.44. The third-order valence-electron chi connectivity index (χ3n) is 3.75. The van der Waals surface area contributed by atoms with Crippen molar-refractivity contribution < 1.29 is 4.42 Å². The molecule has 2 aromatic rings. The van der Waals surface area contributed by atoms with Crippen molar-refractivity contribution in [3.63, 3.8) is 0 Å². The van der Waals surface area contributed by atoms with Crippen LogP contribution < -0.4 is 0 Å². The van der Waals surface area contributed by atoms with Crippen LogP contribution in [0.3, 0.4) is 0 Å². The monoisotopic (exact) mass is 184 g/mol. The van der Waals surface area contributed by atoms with Crippen LogP contribution in [0.25, 0.3) is 11.0 Å². The fourth-order valence-electron chi connectivity index (χ4n) is 2.94. The molecule has 1 nitrogen and oxygen atoms in total. The molecular formula is C13H12O. The van der Waals surface area contributed by atoms with Gasteiger partial charge in [0.1, 0.15) is 11.3 Å². The van der Waals surface area contributed by atoms with Crippen molar-refractivity contribution in [3.05, 3.63) is 35.6 Å². The van der Waals surface area contributed by atoms with E-state index in [0.29, 0.717) is 0 Å². The molecule has 70 valence electrons. The van der Waals surface area contributed by atoms with Crippen molar-refractivity contribution in [2.24, 2.45) is 5.92 Å². The summed E-state index contributed by atoms with van der Waals surface area (Å²) in [6, 6.07) is 8.47. The first-order valence-electron chi connectivity index (χ1n) is 5.44. The van der Waals surface area contributed by atoms with Crippen molar-refractivity contribution >= 4 is 11.0 Å². The van der Waals surface area contributed by atoms with Gasteiger partial charge in [-0.2, -0.15) is 0 Å². The van der Waals surface area contributed by atoms with Gasteiger partial charge >= 0.3 is 0 Å². The Balaban J connectivity index is 2.09. The van der Waals surface area contributed by atoms with Crippen LogP contribution in [0.4, 0.5) is 0 Å². The average Bonchev–Trinajstić information content (AvgIpc) is 2.91. The highest BCUT2D eigenvalue weighted by Crippen LogP contribution is 2.56. The third-order valence-corrected chi connectivity index (χ3v) is 3.75. The fraction of sp³-hybridized carbons (Fsp3) is 0.385. The van der Waals surface area contributed by atoms with E-state index in [1.807, 2.05) is 0 Å². The highest BCUT2D eigenvalue weighted by molar-refractivity contribution is 5.83. The van der Waals surface area contributed by atoms with E-state index in [0.717, 1.165) is 23.8 Å². The molecule has 0 bridgehead atoms. The first-order chi connectivity index (χ1) is 6.93. The van der Waals surface area contributed by atoms with Crippen LogP contribution in [0.1, 0.15) is 30.1 Å². The summed E-state index contributed by atoms with van der Waals surface area (Å²) in [6.07, 6.45) is 3.90. The lowest BCUT2D eigenvalue weighted by Crippen LogP contribution is -1.97. The molecule has 2 atom stereocenters. The number of hydrogen-bond acceptors (Lipinski definition) is 1. The van der Waals surface area contributed by atoms with Gasteiger partial charge in [0.15, 0.2) is 0 Å². The molecule has 2 aliphatic rings. The smallest absolute Gasteiger partial charge is 0.134 e. The lowest BCUT2D eigenvalue weighted by molar-refractivity contribution is 0.503. The third kappa shape index (κ3) is 0.759. The molecule has 0 aliphatic heterocycles. The molecule has 1 heteroatoms. The number of fused-ring (bicyclic) bond motifs is 5. The van der Waals surface area contributed by atoms with Crippen LogP contribution in [0.2, 0.25) is 0 Å². The van der Waals surface area contributed by atoms with Gasteiger partial charge in [-0.15, -0.1) is 0 Å². The molecule has 4 rings (SSSR count). The highest BCUT2D eigenvalue weighted by atomic mass is 16.3. The van der Waals surface area contributed by atoms with Crippen molar-refractivity contribution in [2.45, 2.75) is 25.2 Å². The predicted molar refractivity (Wildman–Crippen MR) is 55.4 cm³/mol. The molecule has 0 N–H and O–H groups in total. The molecule has 14 heavy (non-hydrogen) atoms. The lowest BCUT2D eigenvalue weighted by Gasteiger charge is -2.07. The number of benzene rings is 1. The largest absolute Gasteiger partial charge is 0.461 e. The van der Waals surface area contributed by atoms with Crippen molar-refractivity contribution in [2.75, 3.05) is 0 Å². The molecule has 0 spiro atoms. The summed E-state index contributed by atoms with van der Waals surface area (Å²) in [6.45, 7) is 0. The molecule has 0 saturated heterocycles. The van der Waals surface area contributed by atoms with Crippen LogP contribution in [0, 0.1) is 5.92 Å². The minimum atomic E-state index is 0.836. The van der Waals surface area contributed by atoms with Crippen LogP contribution in [0.15, 0.2) is 28.7 Å². The zero-order valence-corrected chi connectivity index (χ0v) is 7.99. The van der Waals surface area contributed by atoms with Crippen LogP contribution in [-0.2, 0) is 6.42 Å². The molecule has 1 fully saturated rings. The second-order valence-corrected chi connectivity index (χ2v) is 4.58. The van der Waals surface area contributed by atoms with Crippen LogP contribution in [-0.4, -0.2) is 0 Å². The Morgan fingerprint density at radius 3 is 3.14 bits per heavy atom. The molecule has 2 unspecified atom stereocenters. The quantitative estimate of drug-likeness (QED) is 0.611. The molecule has 1 aromatic carbocycles. The van der Waals surface area contributed by atoms with Gasteiger partial charge in [0.2, 0.25) is 0 Å². The number of aryl methyl sites for hydroxylation is 1. The Kier molecular flexibility index (Phi) is 1.13. The van der Waals surface area contributed by atoms with E-state index in [1.165, 1.54) is 29.6 Å². The summed E-state index contributed by atoms with van der Waals surface area (Å²) < 4.78 is 5.89. The van der Waals surface area contributed by atoms with Gasteiger partial charge in [0.05, 0.1) is 0 Å². The number of para-hydroxylation sites is 1. The molecule has 1 heterocycles. The van der Waals surface area contributed by atoms with E-state index < -0.39 is 0 Å². The Labute approximate surface area is 82.7 Å². The van der Waals surface area contributed by atoms with Gasteiger partial charge in [-0.1, -0.05) is 18.2 Å². The summed E-state index contributed by atoms with van der Waals surface area (Å²) in [4.78, 5) is 0. The van der Waals surface area contributed by atoms with Crippen molar-refractivity contribution in [1.29, 1.82) is 0 Å². The SMILES string of the molecule is c1ccc2c3c(oc2c1)CCC1CC31. The lowest BCUT2D eigenvalue weighted by atomic mass is 9.96. The van der Waals surface area contributed by atoms with E-state index in [-0.39, 0.29) is 0 Å². The molecule has 2 aliphatic carbocycles. The summed E-state index contributed by atoms with van der Waals surface area (Å²) in [7, 11) is 0. The number of rotatable bonds is 0. The predicted octanol–water partition coefficient (Wildman–Crippen LogP) is 3.48. The summed E-state index contributed by atoms with van der Waals surface area (Å²) in [5.41, 5.74) is 2.63. The van der Waals surface area contributed by atoms with Crippen LogP contribution in [0.5, 0.6) is 0 Å². The topological polar surface area (TPSA) is 13.1 Å². The van der Waals surface area contributed by atoms with Crippen molar-refractivity contribution in [1.82, 2.24) is 0 Å². The Morgan fingerprint density at radius 1 is 1.21 bits per heavy atom. The maximum absolute atomic E-state index is 5.89. The van der Waals surface area contributed by atoms with Gasteiger partial charge in [0.25, 0.3) is 0 Å². The Morgan fingerprint density at radius 2 is 2.14 bits per heavy atom. The number of hydrogen-bond donors (Lipinski definition) is 0. The minimum absolute atomic E-state index is 0.836. The van der Waals surface area contributed by atoms with E-state index in [2.05, 4.69) is 24.3 Å². The zero-order chi connectivity index (χ0) is 9.12. The van der Waals surface area contributed by atoms with Crippen molar-refractivity contribution in [3.8, 4) is 0 Å². The fourth-order valence-corrected chi connectivity index (χ4v) is 2.94. The average molecular weight is 184 g/mol. The first kappa shape index (κ1) is 7.10. The molecule has 0 amide bonds. The Hall–Kier alpha value is -1.24. The van der Waals surface area contributed by atoms with Gasteiger partial charge in [-0.05, 0) is 30.7 Å². The molecular weight excluding hydrogens is 172 g/mol. The zero-order valence-electron chi connectivity index (χ0n) is 7.99. The van der Waals surface area contributed by atoms with Gasteiger partial charge < -0.3 is 4.42 Å². The molecule has 0 radical (unpaired) electrons. The van der Waals surface area contributed by atoms with Gasteiger partial charge in [-0.3, -0.25) is 0 Å². The van der Waals surface area contributed by atoms with Gasteiger partial charge in [0, 0.05) is 17.4 Å². The standard InChI is InChI=1S/C13H12O/c1-2-4-11-9(3-1)13-10-7-8(10)5-6-12(13)14-11/h1-4,8,10H,5-7H2. The maximum atomic E-state index is 5.89. The summed E-state index contributed by atoms with van der Waals surface area (Å²) in [5.74, 6) is 3.08. The molecule has 1 saturated carbocycles. The van der Waals surface area contributed by atoms with Crippen LogP contribution >= 0.6 is 0 Å². The summed E-state index contributed by atoms with van der Waals surface area (Å²) >= 11 is 0. The Bertz CT molecular complexity index is 509. The number of furan rings is 1. The highest BCUT2D eigenvalue weighted by Gasteiger charge is 2.44. The normalized spacial score (nSPS) is 28.6. The van der Waals surface area contributed by atoms with E-state index in [1.54, 1.807) is 0 Å². The van der Waals surface area contributed by atoms with E-state index >= 15 is 0 Å². The summed E-state index contributed by atoms with van der Waals surface area (Å²) in [5, 5.41) is 1.37. The second kappa shape index (κ2) is 2.22. The minimum Gasteiger partial charge on any atom is -0.461 e. The maximum Gasteiger partial charge on any atom is 0.134 e. The molecule has 1 aromatic heterocycles. The van der Waals surface area contributed by atoms with Gasteiger partial charge in [-0.25, -0.2) is 0 Å². The van der Waals surface area contributed by atoms with E-state index in [4.69, 9.17) is 4.42 Å². The van der Waals surface area contributed by atoms with E-state index in [9.17, 15) is 0 Å². The second-order valence-electron chi connectivity index (χ2n) is 4.58.